The lowest BCUT2D eigenvalue weighted by molar-refractivity contribution is -0.143. The van der Waals surface area contributed by atoms with Gasteiger partial charge in [0.15, 0.2) is 0 Å². The summed E-state index contributed by atoms with van der Waals surface area (Å²) in [4.78, 5) is 14.6. The molecule has 10 heteroatoms. The van der Waals surface area contributed by atoms with E-state index >= 15 is 0 Å². The van der Waals surface area contributed by atoms with Crippen LogP contribution in [0.15, 0.2) is 60.8 Å². The third kappa shape index (κ3) is 4.60. The number of hydrogen-bond donors (Lipinski definition) is 0. The number of aromatic nitrogens is 1. The highest BCUT2D eigenvalue weighted by atomic mass is 19.4. The molecule has 0 fully saturated rings. The first-order valence-electron chi connectivity index (χ1n) is 9.96. The van der Waals surface area contributed by atoms with Crippen molar-refractivity contribution >= 4 is 5.91 Å². The fourth-order valence-corrected chi connectivity index (χ4v) is 4.04. The molecule has 4 rings (SSSR count). The molecule has 0 saturated heterocycles. The van der Waals surface area contributed by atoms with Gasteiger partial charge in [0.25, 0.3) is 5.91 Å². The third-order valence-corrected chi connectivity index (χ3v) is 5.54. The first kappa shape index (κ1) is 22.9. The number of carbonyl (C=O) groups excluding carboxylic acids is 1. The van der Waals surface area contributed by atoms with E-state index in [0.29, 0.717) is 36.4 Å². The molecule has 1 unspecified atom stereocenters. The molecular weight excluding hydrogens is 453 g/mol. The number of rotatable bonds is 2. The molecule has 1 aliphatic rings. The number of aryl methyl sites for hydroxylation is 1. The highest BCUT2D eigenvalue weighted by Gasteiger charge is 2.39. The van der Waals surface area contributed by atoms with Crippen LogP contribution in [0.4, 0.5) is 30.7 Å². The minimum atomic E-state index is -5.07. The van der Waals surface area contributed by atoms with Gasteiger partial charge in [-0.15, -0.1) is 0 Å². The minimum absolute atomic E-state index is 0.0121. The molecule has 0 aliphatic carbocycles. The van der Waals surface area contributed by atoms with Crippen LogP contribution < -0.4 is 0 Å². The average molecular weight is 470 g/mol. The van der Waals surface area contributed by atoms with E-state index in [1.54, 1.807) is 18.3 Å². The van der Waals surface area contributed by atoms with Crippen molar-refractivity contribution in [3.63, 3.8) is 0 Å². The quantitative estimate of drug-likeness (QED) is 0.404. The summed E-state index contributed by atoms with van der Waals surface area (Å²) in [6.07, 6.45) is -7.94. The summed E-state index contributed by atoms with van der Waals surface area (Å²) in [6, 6.07) is 8.73. The van der Waals surface area contributed by atoms with Crippen LogP contribution >= 0.6 is 0 Å². The summed E-state index contributed by atoms with van der Waals surface area (Å²) in [6.45, 7) is 0.584. The fraction of sp³-hybridized carbons (Fsp3) is 0.261. The van der Waals surface area contributed by atoms with Crippen LogP contribution in [0.2, 0.25) is 0 Å². The zero-order valence-electron chi connectivity index (χ0n) is 16.9. The highest BCUT2D eigenvalue weighted by Crippen LogP contribution is 2.38. The zero-order chi connectivity index (χ0) is 24.0. The van der Waals surface area contributed by atoms with Crippen LogP contribution in [0.1, 0.15) is 45.2 Å². The molecule has 1 atom stereocenters. The fourth-order valence-electron chi connectivity index (χ4n) is 4.04. The van der Waals surface area contributed by atoms with Gasteiger partial charge in [-0.2, -0.15) is 26.3 Å². The van der Waals surface area contributed by atoms with Crippen molar-refractivity contribution in [2.45, 2.75) is 31.4 Å². The molecule has 1 aliphatic heterocycles. The van der Waals surface area contributed by atoms with E-state index in [4.69, 9.17) is 0 Å². The van der Waals surface area contributed by atoms with E-state index in [1.165, 1.54) is 29.2 Å². The Kier molecular flexibility index (Phi) is 5.71. The van der Waals surface area contributed by atoms with Crippen molar-refractivity contribution in [3.8, 4) is 0 Å². The number of carbonyl (C=O) groups is 1. The SMILES string of the molecule is O=C(c1cc(C(F)(F)F)cc(C(F)(F)F)c1)N1CCCn2cccc2C1c1ccc(F)cc1. The lowest BCUT2D eigenvalue weighted by Gasteiger charge is -2.31. The molecule has 2 aromatic carbocycles. The maximum Gasteiger partial charge on any atom is 0.416 e. The first-order valence-corrected chi connectivity index (χ1v) is 9.96. The molecule has 0 N–H and O–H groups in total. The lowest BCUT2D eigenvalue weighted by Crippen LogP contribution is -2.36. The predicted molar refractivity (Wildman–Crippen MR) is 105 cm³/mol. The first-order chi connectivity index (χ1) is 15.4. The van der Waals surface area contributed by atoms with E-state index < -0.39 is 46.8 Å². The smallest absolute Gasteiger partial charge is 0.349 e. The van der Waals surface area contributed by atoms with Crippen LogP contribution in [0.3, 0.4) is 0 Å². The van der Waals surface area contributed by atoms with Gasteiger partial charge in [-0.3, -0.25) is 4.79 Å². The summed E-state index contributed by atoms with van der Waals surface area (Å²) in [5, 5.41) is 0. The molecule has 0 bridgehead atoms. The van der Waals surface area contributed by atoms with Crippen LogP contribution in [0.25, 0.3) is 0 Å². The van der Waals surface area contributed by atoms with Crippen LogP contribution in [-0.2, 0) is 18.9 Å². The summed E-state index contributed by atoms with van der Waals surface area (Å²) < 4.78 is 95.2. The monoisotopic (exact) mass is 470 g/mol. The highest BCUT2D eigenvalue weighted by molar-refractivity contribution is 5.95. The molecule has 0 saturated carbocycles. The maximum atomic E-state index is 13.5. The Morgan fingerprint density at radius 2 is 1.45 bits per heavy atom. The van der Waals surface area contributed by atoms with E-state index in [9.17, 15) is 35.5 Å². The second-order valence-electron chi connectivity index (χ2n) is 7.73. The van der Waals surface area contributed by atoms with Crippen molar-refractivity contribution in [1.82, 2.24) is 9.47 Å². The van der Waals surface area contributed by atoms with Crippen LogP contribution in [0, 0.1) is 5.82 Å². The van der Waals surface area contributed by atoms with Gasteiger partial charge < -0.3 is 9.47 Å². The molecule has 174 valence electrons. The van der Waals surface area contributed by atoms with Gasteiger partial charge in [-0.05, 0) is 54.4 Å². The van der Waals surface area contributed by atoms with Gasteiger partial charge in [0.1, 0.15) is 5.82 Å². The molecule has 0 spiro atoms. The lowest BCUT2D eigenvalue weighted by atomic mass is 9.99. The summed E-state index contributed by atoms with van der Waals surface area (Å²) in [5.41, 5.74) is -2.73. The topological polar surface area (TPSA) is 25.2 Å². The third-order valence-electron chi connectivity index (χ3n) is 5.54. The molecule has 0 radical (unpaired) electrons. The Morgan fingerprint density at radius 1 is 0.848 bits per heavy atom. The molecule has 3 aromatic rings. The van der Waals surface area contributed by atoms with Gasteiger partial charge in [0, 0.05) is 30.5 Å². The summed E-state index contributed by atoms with van der Waals surface area (Å²) in [7, 11) is 0. The van der Waals surface area contributed by atoms with Gasteiger partial charge in [-0.25, -0.2) is 4.39 Å². The molecular formula is C23H17F7N2O. The van der Waals surface area contributed by atoms with Gasteiger partial charge in [0.2, 0.25) is 0 Å². The minimum Gasteiger partial charge on any atom is -0.349 e. The number of amides is 1. The average Bonchev–Trinajstić information content (AvgIpc) is 3.12. The van der Waals surface area contributed by atoms with Crippen molar-refractivity contribution in [1.29, 1.82) is 0 Å². The Bertz CT molecular complexity index is 1130. The van der Waals surface area contributed by atoms with Gasteiger partial charge >= 0.3 is 12.4 Å². The number of nitrogens with zero attached hydrogens (tertiary/aromatic N) is 2. The normalized spacial score (nSPS) is 16.9. The van der Waals surface area contributed by atoms with E-state index in [2.05, 4.69) is 0 Å². The summed E-state index contributed by atoms with van der Waals surface area (Å²) >= 11 is 0. The molecule has 3 nitrogen and oxygen atoms in total. The standard InChI is InChI=1S/C23H17F7N2O/c24-18-6-4-14(5-7-18)20-19-3-1-8-31(19)9-2-10-32(20)21(33)15-11-16(22(25,26)27)13-17(12-15)23(28,29)30/h1,3-8,11-13,20H,2,9-10H2. The van der Waals surface area contributed by atoms with Crippen molar-refractivity contribution in [2.75, 3.05) is 6.54 Å². The van der Waals surface area contributed by atoms with Gasteiger partial charge in [0.05, 0.1) is 17.2 Å². The molecule has 1 aromatic heterocycles. The number of benzene rings is 2. The molecule has 33 heavy (non-hydrogen) atoms. The number of alkyl halides is 6. The largest absolute Gasteiger partial charge is 0.416 e. The zero-order valence-corrected chi connectivity index (χ0v) is 16.9. The Balaban J connectivity index is 1.84. The Morgan fingerprint density at radius 3 is 2.03 bits per heavy atom. The second-order valence-corrected chi connectivity index (χ2v) is 7.73. The van der Waals surface area contributed by atoms with Crippen molar-refractivity contribution in [3.05, 3.63) is 94.6 Å². The van der Waals surface area contributed by atoms with E-state index in [-0.39, 0.29) is 12.6 Å². The predicted octanol–water partition coefficient (Wildman–Crippen LogP) is 6.30. The van der Waals surface area contributed by atoms with Crippen LogP contribution in [-0.4, -0.2) is 21.9 Å². The molecule has 1 amide bonds. The van der Waals surface area contributed by atoms with Crippen molar-refractivity contribution < 1.29 is 35.5 Å². The number of halogens is 7. The Hall–Kier alpha value is -3.30. The van der Waals surface area contributed by atoms with Gasteiger partial charge in [-0.1, -0.05) is 12.1 Å². The number of hydrogen-bond acceptors (Lipinski definition) is 1. The number of fused-ring (bicyclic) bond motifs is 1. The van der Waals surface area contributed by atoms with Crippen LogP contribution in [0.5, 0.6) is 0 Å². The van der Waals surface area contributed by atoms with E-state index in [0.717, 1.165) is 0 Å². The Labute approximate surface area is 184 Å². The maximum absolute atomic E-state index is 13.5. The summed E-state index contributed by atoms with van der Waals surface area (Å²) in [5.74, 6) is -1.50. The van der Waals surface area contributed by atoms with E-state index in [1.807, 2.05) is 4.57 Å². The second kappa shape index (κ2) is 8.24. The molecule has 2 heterocycles. The van der Waals surface area contributed by atoms with Crippen molar-refractivity contribution in [2.24, 2.45) is 0 Å².